The van der Waals surface area contributed by atoms with E-state index >= 15 is 0 Å². The van der Waals surface area contributed by atoms with Crippen LogP contribution in [0.4, 0.5) is 8.78 Å². The van der Waals surface area contributed by atoms with Crippen LogP contribution in [0.2, 0.25) is 0 Å². The Bertz CT molecular complexity index is 270. The second-order valence-electron chi connectivity index (χ2n) is 2.39. The van der Waals surface area contributed by atoms with Gasteiger partial charge in [0, 0.05) is 10.0 Å². The van der Waals surface area contributed by atoms with Gasteiger partial charge in [-0.3, -0.25) is 0 Å². The van der Waals surface area contributed by atoms with Crippen LogP contribution in [0.5, 0.6) is 0 Å². The zero-order chi connectivity index (χ0) is 9.14. The molecule has 0 bridgehead atoms. The Hall–Kier alpha value is -0.190. The number of halogens is 4. The predicted molar refractivity (Wildman–Crippen MR) is 54.1 cm³/mol. The third-order valence-electron chi connectivity index (χ3n) is 1.50. The van der Waals surface area contributed by atoms with E-state index in [0.717, 1.165) is 0 Å². The van der Waals surface area contributed by atoms with Gasteiger partial charge in [-0.05, 0) is 25.1 Å². The fraction of sp³-hybridized carbons (Fsp3) is 0.250. The SMILES string of the molecule is Cl.NCCc1c(F)cc(Br)cc1F. The van der Waals surface area contributed by atoms with E-state index in [0.29, 0.717) is 4.47 Å². The van der Waals surface area contributed by atoms with Gasteiger partial charge in [0.05, 0.1) is 0 Å². The fourth-order valence-electron chi connectivity index (χ4n) is 0.955. The molecule has 0 aliphatic rings. The average Bonchev–Trinajstić information content (AvgIpc) is 1.96. The van der Waals surface area contributed by atoms with Crippen molar-refractivity contribution in [2.75, 3.05) is 6.54 Å². The lowest BCUT2D eigenvalue weighted by atomic mass is 10.1. The Balaban J connectivity index is 0.00000144. The lowest BCUT2D eigenvalue weighted by Crippen LogP contribution is -2.06. The van der Waals surface area contributed by atoms with Crippen molar-refractivity contribution < 1.29 is 8.78 Å². The molecule has 1 rings (SSSR count). The van der Waals surface area contributed by atoms with E-state index in [1.54, 1.807) is 0 Å². The maximum absolute atomic E-state index is 13.0. The van der Waals surface area contributed by atoms with Crippen LogP contribution >= 0.6 is 28.3 Å². The van der Waals surface area contributed by atoms with Crippen molar-refractivity contribution in [3.63, 3.8) is 0 Å². The van der Waals surface area contributed by atoms with Crippen LogP contribution in [0.15, 0.2) is 16.6 Å². The van der Waals surface area contributed by atoms with E-state index in [-0.39, 0.29) is 30.9 Å². The first-order valence-electron chi connectivity index (χ1n) is 3.48. The van der Waals surface area contributed by atoms with E-state index in [2.05, 4.69) is 15.9 Å². The first-order chi connectivity index (χ1) is 5.65. The second kappa shape index (κ2) is 5.52. The summed E-state index contributed by atoms with van der Waals surface area (Å²) in [6.45, 7) is 0.246. The van der Waals surface area contributed by atoms with Crippen molar-refractivity contribution in [1.29, 1.82) is 0 Å². The van der Waals surface area contributed by atoms with Gasteiger partial charge >= 0.3 is 0 Å². The van der Waals surface area contributed by atoms with Crippen molar-refractivity contribution in [1.82, 2.24) is 0 Å². The third-order valence-corrected chi connectivity index (χ3v) is 1.96. The minimum absolute atomic E-state index is 0. The molecule has 0 unspecified atom stereocenters. The first-order valence-corrected chi connectivity index (χ1v) is 4.28. The Kier molecular flexibility index (Phi) is 5.44. The van der Waals surface area contributed by atoms with Gasteiger partial charge in [-0.1, -0.05) is 15.9 Å². The minimum Gasteiger partial charge on any atom is -0.330 e. The van der Waals surface area contributed by atoms with Crippen LogP contribution in [-0.2, 0) is 6.42 Å². The van der Waals surface area contributed by atoms with Gasteiger partial charge in [0.2, 0.25) is 0 Å². The second-order valence-corrected chi connectivity index (χ2v) is 3.30. The minimum atomic E-state index is -0.549. The maximum atomic E-state index is 13.0. The number of benzene rings is 1. The lowest BCUT2D eigenvalue weighted by molar-refractivity contribution is 0.554. The Morgan fingerprint density at radius 3 is 2.08 bits per heavy atom. The van der Waals surface area contributed by atoms with Gasteiger partial charge in [0.1, 0.15) is 11.6 Å². The van der Waals surface area contributed by atoms with E-state index in [1.807, 2.05) is 0 Å². The van der Waals surface area contributed by atoms with Crippen molar-refractivity contribution in [3.05, 3.63) is 33.8 Å². The monoisotopic (exact) mass is 271 g/mol. The zero-order valence-corrected chi connectivity index (χ0v) is 9.09. The number of hydrogen-bond donors (Lipinski definition) is 1. The smallest absolute Gasteiger partial charge is 0.130 e. The summed E-state index contributed by atoms with van der Waals surface area (Å²) >= 11 is 2.99. The molecule has 2 N–H and O–H groups in total. The summed E-state index contributed by atoms with van der Waals surface area (Å²) in [6, 6.07) is 2.46. The summed E-state index contributed by atoms with van der Waals surface area (Å²) in [6.07, 6.45) is 0.227. The van der Waals surface area contributed by atoms with E-state index in [4.69, 9.17) is 5.73 Å². The molecular formula is C8H9BrClF2N. The van der Waals surface area contributed by atoms with Gasteiger partial charge in [-0.2, -0.15) is 0 Å². The molecule has 1 nitrogen and oxygen atoms in total. The molecule has 0 saturated heterocycles. The molecule has 0 amide bonds. The van der Waals surface area contributed by atoms with Gasteiger partial charge < -0.3 is 5.73 Å². The highest BCUT2D eigenvalue weighted by molar-refractivity contribution is 9.10. The molecule has 1 aromatic carbocycles. The van der Waals surface area contributed by atoms with Crippen LogP contribution in [0.25, 0.3) is 0 Å². The van der Waals surface area contributed by atoms with Crippen LogP contribution < -0.4 is 5.73 Å². The van der Waals surface area contributed by atoms with Crippen molar-refractivity contribution in [2.24, 2.45) is 5.73 Å². The molecule has 0 spiro atoms. The first kappa shape index (κ1) is 12.8. The summed E-state index contributed by atoms with van der Waals surface area (Å²) < 4.78 is 26.3. The molecule has 74 valence electrons. The summed E-state index contributed by atoms with van der Waals surface area (Å²) in [5, 5.41) is 0. The van der Waals surface area contributed by atoms with Crippen molar-refractivity contribution in [3.8, 4) is 0 Å². The average molecular weight is 273 g/mol. The van der Waals surface area contributed by atoms with Gasteiger partial charge in [0.15, 0.2) is 0 Å². The number of rotatable bonds is 2. The third kappa shape index (κ3) is 3.21. The van der Waals surface area contributed by atoms with E-state index in [1.165, 1.54) is 12.1 Å². The van der Waals surface area contributed by atoms with Crippen molar-refractivity contribution in [2.45, 2.75) is 6.42 Å². The van der Waals surface area contributed by atoms with Crippen LogP contribution in [0.3, 0.4) is 0 Å². The summed E-state index contributed by atoms with van der Waals surface area (Å²) in [4.78, 5) is 0. The van der Waals surface area contributed by atoms with E-state index in [9.17, 15) is 8.78 Å². The predicted octanol–water partition coefficient (Wildman–Crippen LogP) is 2.65. The number of nitrogens with two attached hydrogens (primary N) is 1. The Morgan fingerprint density at radius 2 is 1.69 bits per heavy atom. The molecule has 0 aliphatic heterocycles. The molecule has 0 atom stereocenters. The molecular weight excluding hydrogens is 263 g/mol. The van der Waals surface area contributed by atoms with Gasteiger partial charge in [-0.25, -0.2) is 8.78 Å². The summed E-state index contributed by atoms with van der Waals surface area (Å²) in [5.74, 6) is -1.10. The molecule has 0 aliphatic carbocycles. The molecule has 1 aromatic rings. The maximum Gasteiger partial charge on any atom is 0.130 e. The zero-order valence-electron chi connectivity index (χ0n) is 6.69. The molecule has 13 heavy (non-hydrogen) atoms. The lowest BCUT2D eigenvalue weighted by Gasteiger charge is -2.03. The van der Waals surface area contributed by atoms with Crippen LogP contribution in [0.1, 0.15) is 5.56 Å². The Labute approximate surface area is 89.9 Å². The fourth-order valence-corrected chi connectivity index (χ4v) is 1.36. The highest BCUT2D eigenvalue weighted by atomic mass is 79.9. The van der Waals surface area contributed by atoms with Crippen molar-refractivity contribution >= 4 is 28.3 Å². The number of hydrogen-bond acceptors (Lipinski definition) is 1. The Morgan fingerprint density at radius 1 is 1.23 bits per heavy atom. The standard InChI is InChI=1S/C8H8BrF2N.ClH/c9-5-3-7(10)6(1-2-12)8(11)4-5;/h3-4H,1-2,12H2;1H. The molecule has 5 heteroatoms. The van der Waals surface area contributed by atoms with E-state index < -0.39 is 11.6 Å². The quantitative estimate of drug-likeness (QED) is 0.880. The highest BCUT2D eigenvalue weighted by Crippen LogP contribution is 2.19. The topological polar surface area (TPSA) is 26.0 Å². The normalized spacial score (nSPS) is 9.54. The van der Waals surface area contributed by atoms with Crippen LogP contribution in [0, 0.1) is 11.6 Å². The highest BCUT2D eigenvalue weighted by Gasteiger charge is 2.08. The molecule has 0 radical (unpaired) electrons. The molecule has 0 saturated carbocycles. The summed E-state index contributed by atoms with van der Waals surface area (Å²) in [7, 11) is 0. The molecule has 0 fully saturated rings. The summed E-state index contributed by atoms with van der Waals surface area (Å²) in [5.41, 5.74) is 5.25. The molecule has 0 heterocycles. The van der Waals surface area contributed by atoms with Crippen LogP contribution in [-0.4, -0.2) is 6.54 Å². The van der Waals surface area contributed by atoms with Gasteiger partial charge in [0.25, 0.3) is 0 Å². The van der Waals surface area contributed by atoms with Gasteiger partial charge in [-0.15, -0.1) is 12.4 Å². The molecule has 0 aromatic heterocycles. The largest absolute Gasteiger partial charge is 0.330 e.